The predicted octanol–water partition coefficient (Wildman–Crippen LogP) is 6.13. The molecule has 12 fully saturated rings. The maximum Gasteiger partial charge on any atom is 0.226 e. The highest BCUT2D eigenvalue weighted by Crippen LogP contribution is 2.70. The first-order valence-corrected chi connectivity index (χ1v) is 16.3. The Labute approximate surface area is 223 Å². The van der Waals surface area contributed by atoms with Gasteiger partial charge >= 0.3 is 0 Å². The van der Waals surface area contributed by atoms with Crippen molar-refractivity contribution in [2.24, 2.45) is 57.7 Å². The summed E-state index contributed by atoms with van der Waals surface area (Å²) in [5, 5.41) is 7.62. The zero-order valence-corrected chi connectivity index (χ0v) is 23.1. The molecule has 2 atom stereocenters. The lowest BCUT2D eigenvalue weighted by atomic mass is 9.39. The van der Waals surface area contributed by atoms with Gasteiger partial charge < -0.3 is 10.6 Å². The van der Waals surface area contributed by atoms with Crippen molar-refractivity contribution in [3.63, 3.8) is 0 Å². The van der Waals surface area contributed by atoms with E-state index in [0.29, 0.717) is 17.7 Å². The van der Waals surface area contributed by atoms with E-state index < -0.39 is 0 Å². The molecule has 0 aromatic carbocycles. The van der Waals surface area contributed by atoms with Gasteiger partial charge in [-0.05, 0) is 162 Å². The van der Waals surface area contributed by atoms with Crippen molar-refractivity contribution in [3.05, 3.63) is 0 Å². The summed E-state index contributed by atoms with van der Waals surface area (Å²) < 4.78 is 0. The molecule has 4 nitrogen and oxygen atoms in total. The Kier molecular flexibility index (Phi) is 4.29. The third kappa shape index (κ3) is 3.25. The van der Waals surface area contributed by atoms with Gasteiger partial charge in [0.05, 0.1) is 10.8 Å². The Morgan fingerprint density at radius 3 is 1.16 bits per heavy atom. The molecule has 12 saturated carbocycles. The molecule has 2 amide bonds. The SMILES string of the molecule is CC12CC3CC(C(=O)NC45CC6CC(CC(C6)C4)C5)(C1)CC(C(=O)NC14CC5CC(CC(C5)C1)C4)(C3)C2. The lowest BCUT2D eigenvalue weighted by Crippen LogP contribution is -2.69. The van der Waals surface area contributed by atoms with Crippen LogP contribution in [0.1, 0.15) is 122 Å². The van der Waals surface area contributed by atoms with Crippen LogP contribution in [0.2, 0.25) is 0 Å². The van der Waals surface area contributed by atoms with Crippen LogP contribution < -0.4 is 10.6 Å². The number of hydrogen-bond acceptors (Lipinski definition) is 2. The summed E-state index contributed by atoms with van der Waals surface area (Å²) in [5.74, 6) is 6.33. The van der Waals surface area contributed by atoms with E-state index in [0.717, 1.165) is 67.6 Å². The topological polar surface area (TPSA) is 58.2 Å². The van der Waals surface area contributed by atoms with Crippen LogP contribution in [-0.2, 0) is 9.59 Å². The summed E-state index contributed by atoms with van der Waals surface area (Å²) in [5.41, 5.74) is -0.320. The summed E-state index contributed by atoms with van der Waals surface area (Å²) in [7, 11) is 0. The van der Waals surface area contributed by atoms with Gasteiger partial charge in [-0.2, -0.15) is 0 Å². The fourth-order valence-electron chi connectivity index (χ4n) is 14.7. The van der Waals surface area contributed by atoms with Crippen LogP contribution in [0.25, 0.3) is 0 Å². The molecule has 0 spiro atoms. The van der Waals surface area contributed by atoms with Gasteiger partial charge in [0.1, 0.15) is 0 Å². The van der Waals surface area contributed by atoms with Crippen molar-refractivity contribution in [2.45, 2.75) is 134 Å². The third-order valence-corrected chi connectivity index (χ3v) is 14.1. The van der Waals surface area contributed by atoms with Gasteiger partial charge in [0, 0.05) is 11.1 Å². The molecule has 12 bridgehead atoms. The summed E-state index contributed by atoms with van der Waals surface area (Å²) in [6, 6.07) is 0. The standard InChI is InChI=1S/C33H48N2O2/c1-29-8-26-9-30(17-29,27(36)34-32-11-20-2-21(12-32)4-22(3-20)13-32)19-31(10-26,18-29)28(37)35-33-14-23-5-24(15-33)7-25(6-23)16-33/h20-26H,2-19H2,1H3,(H,34,36)(H,35,37). The summed E-state index contributed by atoms with van der Waals surface area (Å²) in [4.78, 5) is 28.9. The zero-order chi connectivity index (χ0) is 24.8. The molecule has 2 N–H and O–H groups in total. The van der Waals surface area contributed by atoms with Gasteiger partial charge in [-0.1, -0.05) is 6.92 Å². The first kappa shape index (κ1) is 22.7. The highest BCUT2D eigenvalue weighted by molar-refractivity contribution is 5.89. The predicted molar refractivity (Wildman–Crippen MR) is 142 cm³/mol. The first-order chi connectivity index (χ1) is 17.6. The smallest absolute Gasteiger partial charge is 0.226 e. The van der Waals surface area contributed by atoms with E-state index in [-0.39, 0.29) is 27.3 Å². The number of carbonyl (C=O) groups excluding carboxylic acids is 2. The van der Waals surface area contributed by atoms with E-state index >= 15 is 0 Å². The quantitative estimate of drug-likeness (QED) is 0.484. The number of carbonyl (C=O) groups is 2. The first-order valence-electron chi connectivity index (χ1n) is 16.3. The van der Waals surface area contributed by atoms with Gasteiger partial charge in [0.25, 0.3) is 0 Å². The van der Waals surface area contributed by atoms with E-state index in [1.165, 1.54) is 83.5 Å². The molecular weight excluding hydrogens is 456 g/mol. The lowest BCUT2D eigenvalue weighted by Gasteiger charge is -2.66. The number of rotatable bonds is 4. The van der Waals surface area contributed by atoms with Crippen molar-refractivity contribution in [1.29, 1.82) is 0 Å². The van der Waals surface area contributed by atoms with Gasteiger partial charge in [-0.3, -0.25) is 9.59 Å². The van der Waals surface area contributed by atoms with Crippen LogP contribution in [0.5, 0.6) is 0 Å². The molecule has 0 heterocycles. The molecule has 12 aliphatic carbocycles. The van der Waals surface area contributed by atoms with Crippen LogP contribution in [0, 0.1) is 57.7 Å². The average molecular weight is 505 g/mol. The van der Waals surface area contributed by atoms with Crippen molar-refractivity contribution in [3.8, 4) is 0 Å². The molecule has 0 aromatic rings. The van der Waals surface area contributed by atoms with Crippen molar-refractivity contribution < 1.29 is 9.59 Å². The Balaban J connectivity index is 0.998. The third-order valence-electron chi connectivity index (χ3n) is 14.1. The number of amides is 2. The van der Waals surface area contributed by atoms with Crippen LogP contribution in [0.4, 0.5) is 0 Å². The molecule has 4 heteroatoms. The lowest BCUT2D eigenvalue weighted by molar-refractivity contribution is -0.185. The second kappa shape index (κ2) is 6.98. The molecule has 0 aliphatic heterocycles. The summed E-state index contributed by atoms with van der Waals surface area (Å²) >= 11 is 0. The molecule has 37 heavy (non-hydrogen) atoms. The van der Waals surface area contributed by atoms with Crippen molar-refractivity contribution in [1.82, 2.24) is 10.6 Å². The number of hydrogen-bond donors (Lipinski definition) is 2. The van der Waals surface area contributed by atoms with E-state index in [9.17, 15) is 9.59 Å². The minimum Gasteiger partial charge on any atom is -0.350 e. The van der Waals surface area contributed by atoms with E-state index in [1.54, 1.807) is 0 Å². The zero-order valence-electron chi connectivity index (χ0n) is 23.1. The second-order valence-electron chi connectivity index (χ2n) is 17.7. The van der Waals surface area contributed by atoms with E-state index in [1.807, 2.05) is 0 Å². The fraction of sp³-hybridized carbons (Fsp3) is 0.939. The van der Waals surface area contributed by atoms with Gasteiger partial charge in [-0.25, -0.2) is 0 Å². The minimum absolute atomic E-state index is 0.0741. The fourth-order valence-corrected chi connectivity index (χ4v) is 14.7. The number of nitrogens with one attached hydrogen (secondary N) is 2. The highest BCUT2D eigenvalue weighted by atomic mass is 16.2. The molecule has 202 valence electrons. The Hall–Kier alpha value is -1.06. The van der Waals surface area contributed by atoms with Gasteiger partial charge in [-0.15, -0.1) is 0 Å². The Morgan fingerprint density at radius 1 is 0.486 bits per heavy atom. The summed E-state index contributed by atoms with van der Waals surface area (Å²) in [6.07, 6.45) is 21.9. The van der Waals surface area contributed by atoms with Crippen LogP contribution in [0.15, 0.2) is 0 Å². The van der Waals surface area contributed by atoms with Gasteiger partial charge in [0.15, 0.2) is 0 Å². The molecule has 12 aliphatic rings. The molecule has 12 rings (SSSR count). The van der Waals surface area contributed by atoms with Gasteiger partial charge in [0.2, 0.25) is 11.8 Å². The Morgan fingerprint density at radius 2 is 0.838 bits per heavy atom. The Bertz CT molecular complexity index is 916. The molecule has 0 saturated heterocycles. The minimum atomic E-state index is -0.309. The average Bonchev–Trinajstić information content (AvgIpc) is 2.75. The highest BCUT2D eigenvalue weighted by Gasteiger charge is 2.68. The normalized spacial score (nSPS) is 59.6. The summed E-state index contributed by atoms with van der Waals surface area (Å²) in [6.45, 7) is 2.43. The van der Waals surface area contributed by atoms with Crippen molar-refractivity contribution in [2.75, 3.05) is 0 Å². The van der Waals surface area contributed by atoms with Crippen molar-refractivity contribution >= 4 is 11.8 Å². The molecular formula is C33H48N2O2. The second-order valence-corrected chi connectivity index (χ2v) is 17.7. The molecule has 0 aromatic heterocycles. The van der Waals surface area contributed by atoms with Crippen LogP contribution in [-0.4, -0.2) is 22.9 Å². The van der Waals surface area contributed by atoms with E-state index in [2.05, 4.69) is 17.6 Å². The van der Waals surface area contributed by atoms with Crippen LogP contribution >= 0.6 is 0 Å². The molecule has 0 radical (unpaired) electrons. The van der Waals surface area contributed by atoms with Crippen LogP contribution in [0.3, 0.4) is 0 Å². The van der Waals surface area contributed by atoms with E-state index in [4.69, 9.17) is 0 Å². The maximum atomic E-state index is 14.5. The molecule has 2 unspecified atom stereocenters. The largest absolute Gasteiger partial charge is 0.350 e. The maximum absolute atomic E-state index is 14.5. The monoisotopic (exact) mass is 504 g/mol.